The van der Waals surface area contributed by atoms with Crippen LogP contribution in [-0.2, 0) is 4.74 Å². The molecule has 25 heavy (non-hydrogen) atoms. The van der Waals surface area contributed by atoms with Crippen molar-refractivity contribution >= 4 is 17.7 Å². The van der Waals surface area contributed by atoms with E-state index in [1.807, 2.05) is 31.2 Å². The van der Waals surface area contributed by atoms with E-state index in [9.17, 15) is 9.59 Å². The number of benzene rings is 2. The van der Waals surface area contributed by atoms with E-state index in [0.717, 1.165) is 11.3 Å². The molecule has 2 aromatic carbocycles. The number of rotatable bonds is 5. The Morgan fingerprint density at radius 1 is 1.20 bits per heavy atom. The van der Waals surface area contributed by atoms with Crippen LogP contribution in [-0.4, -0.2) is 38.3 Å². The lowest BCUT2D eigenvalue weighted by molar-refractivity contribution is 0.0916. The van der Waals surface area contributed by atoms with E-state index in [4.69, 9.17) is 9.47 Å². The number of nitrogens with one attached hydrogen (secondary N) is 1. The lowest BCUT2D eigenvalue weighted by atomic mass is 10.2. The number of cyclic esters (lactones) is 1. The van der Waals surface area contributed by atoms with Gasteiger partial charge in [-0.25, -0.2) is 4.79 Å². The molecule has 2 amide bonds. The van der Waals surface area contributed by atoms with Gasteiger partial charge in [0.15, 0.2) is 0 Å². The molecular weight excluding hydrogens is 320 g/mol. The summed E-state index contributed by atoms with van der Waals surface area (Å²) in [6.45, 7) is 2.66. The van der Waals surface area contributed by atoms with Crippen molar-refractivity contribution in [2.75, 3.05) is 25.1 Å². The highest BCUT2D eigenvalue weighted by Gasteiger charge is 2.32. The molecule has 0 aromatic heterocycles. The molecule has 0 spiro atoms. The minimum Gasteiger partial charge on any atom is -0.497 e. The number of hydrogen-bond donors (Lipinski definition) is 1. The van der Waals surface area contributed by atoms with E-state index in [1.165, 1.54) is 0 Å². The molecule has 1 N–H and O–H groups in total. The van der Waals surface area contributed by atoms with Gasteiger partial charge >= 0.3 is 6.09 Å². The van der Waals surface area contributed by atoms with Crippen LogP contribution in [0, 0.1) is 6.92 Å². The summed E-state index contributed by atoms with van der Waals surface area (Å²) < 4.78 is 10.4. The van der Waals surface area contributed by atoms with Gasteiger partial charge in [0.1, 0.15) is 11.9 Å². The first-order valence-electron chi connectivity index (χ1n) is 8.04. The molecule has 1 aliphatic heterocycles. The molecule has 6 nitrogen and oxygen atoms in total. The Balaban J connectivity index is 1.56. The molecule has 0 bridgehead atoms. The Morgan fingerprint density at radius 3 is 2.52 bits per heavy atom. The summed E-state index contributed by atoms with van der Waals surface area (Å²) >= 11 is 0. The molecule has 1 saturated heterocycles. The molecule has 130 valence electrons. The molecular formula is C19H20N2O4. The Labute approximate surface area is 146 Å². The van der Waals surface area contributed by atoms with Gasteiger partial charge in [-0.05, 0) is 43.3 Å². The van der Waals surface area contributed by atoms with Crippen LogP contribution >= 0.6 is 0 Å². The third kappa shape index (κ3) is 3.91. The predicted molar refractivity (Wildman–Crippen MR) is 94.1 cm³/mol. The van der Waals surface area contributed by atoms with E-state index >= 15 is 0 Å². The largest absolute Gasteiger partial charge is 0.497 e. The van der Waals surface area contributed by atoms with Crippen molar-refractivity contribution in [3.05, 3.63) is 59.7 Å². The predicted octanol–water partition coefficient (Wildman–Crippen LogP) is 2.76. The second-order valence-electron chi connectivity index (χ2n) is 5.89. The van der Waals surface area contributed by atoms with E-state index < -0.39 is 6.09 Å². The van der Waals surface area contributed by atoms with Crippen molar-refractivity contribution in [3.63, 3.8) is 0 Å². The molecule has 2 aromatic rings. The minimum atomic E-state index is -0.396. The van der Waals surface area contributed by atoms with E-state index in [-0.39, 0.29) is 18.6 Å². The highest BCUT2D eigenvalue weighted by molar-refractivity contribution is 5.94. The number of methoxy groups -OCH3 is 1. The maximum Gasteiger partial charge on any atom is 0.414 e. The second-order valence-corrected chi connectivity index (χ2v) is 5.89. The Bertz CT molecular complexity index is 756. The summed E-state index contributed by atoms with van der Waals surface area (Å²) in [5, 5.41) is 2.80. The second kappa shape index (κ2) is 7.25. The Kier molecular flexibility index (Phi) is 4.88. The molecule has 3 rings (SSSR count). The van der Waals surface area contributed by atoms with Gasteiger partial charge < -0.3 is 14.8 Å². The molecule has 0 radical (unpaired) electrons. The molecule has 1 atom stereocenters. The van der Waals surface area contributed by atoms with Gasteiger partial charge in [-0.15, -0.1) is 0 Å². The Morgan fingerprint density at radius 2 is 1.88 bits per heavy atom. The number of anilines is 1. The van der Waals surface area contributed by atoms with E-state index in [0.29, 0.717) is 17.9 Å². The summed E-state index contributed by atoms with van der Waals surface area (Å²) in [4.78, 5) is 25.8. The van der Waals surface area contributed by atoms with Gasteiger partial charge in [-0.1, -0.05) is 17.7 Å². The van der Waals surface area contributed by atoms with Crippen LogP contribution in [0.25, 0.3) is 0 Å². The highest BCUT2D eigenvalue weighted by atomic mass is 16.6. The first-order valence-corrected chi connectivity index (χ1v) is 8.04. The van der Waals surface area contributed by atoms with E-state index in [1.54, 1.807) is 36.3 Å². The molecule has 1 fully saturated rings. The van der Waals surface area contributed by atoms with Gasteiger partial charge in [-0.2, -0.15) is 0 Å². The monoisotopic (exact) mass is 340 g/mol. The van der Waals surface area contributed by atoms with Crippen LogP contribution in [0.3, 0.4) is 0 Å². The van der Waals surface area contributed by atoms with Crippen molar-refractivity contribution in [2.24, 2.45) is 0 Å². The van der Waals surface area contributed by atoms with Crippen LogP contribution < -0.4 is 15.0 Å². The third-order valence-corrected chi connectivity index (χ3v) is 4.06. The van der Waals surface area contributed by atoms with E-state index in [2.05, 4.69) is 5.32 Å². The van der Waals surface area contributed by atoms with Crippen molar-refractivity contribution in [1.29, 1.82) is 0 Å². The number of hydrogen-bond acceptors (Lipinski definition) is 4. The van der Waals surface area contributed by atoms with Crippen LogP contribution in [0.15, 0.2) is 48.5 Å². The summed E-state index contributed by atoms with van der Waals surface area (Å²) in [5.74, 6) is 0.475. The molecule has 1 unspecified atom stereocenters. The lowest BCUT2D eigenvalue weighted by Gasteiger charge is -2.13. The zero-order chi connectivity index (χ0) is 17.8. The average Bonchev–Trinajstić information content (AvgIpc) is 3.01. The lowest BCUT2D eigenvalue weighted by Crippen LogP contribution is -2.34. The number of amides is 2. The first-order chi connectivity index (χ1) is 12.1. The maximum atomic E-state index is 12.2. The number of carbonyl (C=O) groups is 2. The fraction of sp³-hybridized carbons (Fsp3) is 0.263. The highest BCUT2D eigenvalue weighted by Crippen LogP contribution is 2.21. The van der Waals surface area contributed by atoms with Crippen LogP contribution in [0.4, 0.5) is 10.5 Å². The fourth-order valence-electron chi connectivity index (χ4n) is 2.61. The number of nitrogens with zero attached hydrogens (tertiary/aromatic N) is 1. The van der Waals surface area contributed by atoms with Gasteiger partial charge in [-0.3, -0.25) is 9.69 Å². The van der Waals surface area contributed by atoms with Crippen molar-refractivity contribution in [1.82, 2.24) is 5.32 Å². The number of aryl methyl sites for hydroxylation is 1. The SMILES string of the molecule is COc1ccc(C(=O)NCC2CN(c3ccc(C)cc3)C(=O)O2)cc1. The van der Waals surface area contributed by atoms with Crippen LogP contribution in [0.5, 0.6) is 5.75 Å². The molecule has 0 saturated carbocycles. The first kappa shape index (κ1) is 16.8. The van der Waals surface area contributed by atoms with Crippen LogP contribution in [0.2, 0.25) is 0 Å². The van der Waals surface area contributed by atoms with Gasteiger partial charge in [0.2, 0.25) is 0 Å². The minimum absolute atomic E-state index is 0.215. The van der Waals surface area contributed by atoms with Gasteiger partial charge in [0, 0.05) is 11.3 Å². The van der Waals surface area contributed by atoms with Gasteiger partial charge in [0.25, 0.3) is 5.91 Å². The zero-order valence-corrected chi connectivity index (χ0v) is 14.2. The average molecular weight is 340 g/mol. The molecule has 6 heteroatoms. The topological polar surface area (TPSA) is 67.9 Å². The Hall–Kier alpha value is -3.02. The van der Waals surface area contributed by atoms with Crippen molar-refractivity contribution in [2.45, 2.75) is 13.0 Å². The number of ether oxygens (including phenoxy) is 2. The third-order valence-electron chi connectivity index (χ3n) is 4.06. The quantitative estimate of drug-likeness (QED) is 0.909. The van der Waals surface area contributed by atoms with Crippen LogP contribution in [0.1, 0.15) is 15.9 Å². The summed E-state index contributed by atoms with van der Waals surface area (Å²) in [7, 11) is 1.57. The smallest absolute Gasteiger partial charge is 0.414 e. The molecule has 1 aliphatic rings. The zero-order valence-electron chi connectivity index (χ0n) is 14.2. The summed E-state index contributed by atoms with van der Waals surface area (Å²) in [5.41, 5.74) is 2.44. The normalized spacial score (nSPS) is 16.5. The van der Waals surface area contributed by atoms with Crippen molar-refractivity contribution in [3.8, 4) is 5.75 Å². The molecule has 1 heterocycles. The summed E-state index contributed by atoms with van der Waals surface area (Å²) in [6.07, 6.45) is -0.774. The standard InChI is InChI=1S/C19H20N2O4/c1-13-3-7-15(8-4-13)21-12-17(25-19(21)23)11-20-18(22)14-5-9-16(24-2)10-6-14/h3-10,17H,11-12H2,1-2H3,(H,20,22). The maximum absolute atomic E-state index is 12.2. The molecule has 0 aliphatic carbocycles. The fourth-order valence-corrected chi connectivity index (χ4v) is 2.61. The summed E-state index contributed by atoms with van der Waals surface area (Å²) in [6, 6.07) is 14.5. The van der Waals surface area contributed by atoms with Gasteiger partial charge in [0.05, 0.1) is 20.2 Å². The number of carbonyl (C=O) groups excluding carboxylic acids is 2. The van der Waals surface area contributed by atoms with Crippen molar-refractivity contribution < 1.29 is 19.1 Å².